The molecule has 1 aliphatic heterocycles. The van der Waals surface area contributed by atoms with Crippen LogP contribution in [-0.2, 0) is 4.74 Å². The van der Waals surface area contributed by atoms with Gasteiger partial charge in [0.15, 0.2) is 11.6 Å². The lowest BCUT2D eigenvalue weighted by atomic mass is 9.98. The molecule has 1 aliphatic carbocycles. The van der Waals surface area contributed by atoms with E-state index in [1.807, 2.05) is 0 Å². The number of hydrogen-bond acceptors (Lipinski definition) is 5. The molecule has 0 saturated heterocycles. The Morgan fingerprint density at radius 1 is 0.812 bits per heavy atom. The fraction of sp³-hybridized carbons (Fsp3) is 0.0909. The molecule has 0 saturated carbocycles. The van der Waals surface area contributed by atoms with E-state index in [1.165, 1.54) is 12.1 Å². The van der Waals surface area contributed by atoms with Gasteiger partial charge in [-0.2, -0.15) is 0 Å². The molecule has 1 aromatic carbocycles. The number of carbonyl (C=O) groups excluding carboxylic acids is 4. The third kappa shape index (κ3) is 0.894. The van der Waals surface area contributed by atoms with Crippen LogP contribution in [-0.4, -0.2) is 23.5 Å². The van der Waals surface area contributed by atoms with Crippen LogP contribution in [0.1, 0.15) is 47.9 Å². The van der Waals surface area contributed by atoms with E-state index < -0.39 is 17.7 Å². The summed E-state index contributed by atoms with van der Waals surface area (Å²) in [5.41, 5.74) is 0.249. The second-order valence-corrected chi connectivity index (χ2v) is 3.61. The minimum Gasteiger partial charge on any atom is -0.386 e. The molecule has 3 rings (SSSR count). The zero-order chi connectivity index (χ0) is 11.4. The summed E-state index contributed by atoms with van der Waals surface area (Å²) >= 11 is 0. The molecule has 0 atom stereocenters. The van der Waals surface area contributed by atoms with Crippen molar-refractivity contribution in [2.75, 3.05) is 0 Å². The maximum absolute atomic E-state index is 11.5. The third-order valence-corrected chi connectivity index (χ3v) is 2.72. The highest BCUT2D eigenvalue weighted by Crippen LogP contribution is 2.31. The van der Waals surface area contributed by atoms with Crippen LogP contribution < -0.4 is 0 Å². The molecule has 16 heavy (non-hydrogen) atoms. The van der Waals surface area contributed by atoms with Crippen LogP contribution in [0.15, 0.2) is 12.1 Å². The molecule has 0 amide bonds. The van der Waals surface area contributed by atoms with Gasteiger partial charge in [0.2, 0.25) is 0 Å². The monoisotopic (exact) mass is 216 g/mol. The highest BCUT2D eigenvalue weighted by atomic mass is 16.6. The predicted molar refractivity (Wildman–Crippen MR) is 49.5 cm³/mol. The second-order valence-electron chi connectivity index (χ2n) is 3.61. The Hall–Kier alpha value is -2.30. The van der Waals surface area contributed by atoms with E-state index in [0.717, 1.165) is 0 Å². The number of carbonyl (C=O) groups is 4. The molecule has 0 spiro atoms. The van der Waals surface area contributed by atoms with Crippen LogP contribution >= 0.6 is 0 Å². The van der Waals surface area contributed by atoms with Gasteiger partial charge in [-0.15, -0.1) is 0 Å². The summed E-state index contributed by atoms with van der Waals surface area (Å²) in [6.07, 6.45) is -0.243. The van der Waals surface area contributed by atoms with E-state index in [1.54, 1.807) is 0 Å². The average Bonchev–Trinajstić information content (AvgIpc) is 2.67. The van der Waals surface area contributed by atoms with Gasteiger partial charge in [-0.05, 0) is 12.1 Å². The van der Waals surface area contributed by atoms with Crippen molar-refractivity contribution in [3.63, 3.8) is 0 Å². The van der Waals surface area contributed by atoms with E-state index in [-0.39, 0.29) is 34.5 Å². The zero-order valence-electron chi connectivity index (χ0n) is 7.90. The maximum Gasteiger partial charge on any atom is 0.347 e. The Morgan fingerprint density at radius 3 is 2.25 bits per heavy atom. The molecular formula is C11H4O5. The Balaban J connectivity index is 2.41. The summed E-state index contributed by atoms with van der Waals surface area (Å²) in [6.45, 7) is 0. The van der Waals surface area contributed by atoms with Crippen LogP contribution in [0, 0.1) is 0 Å². The summed E-state index contributed by atoms with van der Waals surface area (Å²) in [7, 11) is 0. The zero-order valence-corrected chi connectivity index (χ0v) is 7.90. The van der Waals surface area contributed by atoms with Crippen LogP contribution in [0.2, 0.25) is 0 Å². The maximum atomic E-state index is 11.5. The average molecular weight is 216 g/mol. The van der Waals surface area contributed by atoms with Crippen LogP contribution in [0.5, 0.6) is 0 Å². The fourth-order valence-corrected chi connectivity index (χ4v) is 2.03. The van der Waals surface area contributed by atoms with Crippen LogP contribution in [0.4, 0.5) is 0 Å². The molecule has 0 radical (unpaired) electrons. The lowest BCUT2D eigenvalue weighted by Crippen LogP contribution is -2.04. The fourth-order valence-electron chi connectivity index (χ4n) is 2.03. The molecule has 78 valence electrons. The van der Waals surface area contributed by atoms with Gasteiger partial charge in [-0.1, -0.05) is 0 Å². The quantitative estimate of drug-likeness (QED) is 0.472. The van der Waals surface area contributed by atoms with Gasteiger partial charge in [-0.3, -0.25) is 9.59 Å². The van der Waals surface area contributed by atoms with E-state index in [9.17, 15) is 19.2 Å². The van der Waals surface area contributed by atoms with Gasteiger partial charge in [0.25, 0.3) is 0 Å². The number of hydrogen-bond donors (Lipinski definition) is 0. The summed E-state index contributed by atoms with van der Waals surface area (Å²) in [4.78, 5) is 45.6. The number of rotatable bonds is 0. The van der Waals surface area contributed by atoms with E-state index in [4.69, 9.17) is 0 Å². The molecule has 5 heteroatoms. The van der Waals surface area contributed by atoms with Crippen molar-refractivity contribution in [1.29, 1.82) is 0 Å². The molecule has 1 aromatic rings. The number of Topliss-reactive ketones (excluding diaryl/α,β-unsaturated/α-hetero) is 2. The van der Waals surface area contributed by atoms with Gasteiger partial charge >= 0.3 is 11.9 Å². The lowest BCUT2D eigenvalue weighted by molar-refractivity contribution is 0.0442. The normalized spacial score (nSPS) is 17.5. The van der Waals surface area contributed by atoms with Crippen molar-refractivity contribution in [3.05, 3.63) is 34.4 Å². The number of fused-ring (bicyclic) bond motifs is 3. The standard InChI is InChI=1S/C11H4O5/c12-6-3-7(13)8-4(6)1-2-5-9(8)11(15)16-10(5)14/h1-2H,3H2. The molecule has 2 aliphatic rings. The van der Waals surface area contributed by atoms with Gasteiger partial charge in [0.1, 0.15) is 0 Å². The Labute approximate surface area is 89.0 Å². The van der Waals surface area contributed by atoms with E-state index >= 15 is 0 Å². The lowest BCUT2D eigenvalue weighted by Gasteiger charge is -1.99. The second kappa shape index (κ2) is 2.63. The summed E-state index contributed by atoms with van der Waals surface area (Å²) in [5, 5.41) is 0. The Kier molecular flexibility index (Phi) is 1.47. The Bertz CT molecular complexity index is 544. The van der Waals surface area contributed by atoms with Crippen molar-refractivity contribution >= 4 is 23.5 Å². The number of cyclic esters (lactones) is 2. The summed E-state index contributed by atoms with van der Waals surface area (Å²) in [5.74, 6) is -2.37. The van der Waals surface area contributed by atoms with Gasteiger partial charge in [0.05, 0.1) is 17.5 Å². The van der Waals surface area contributed by atoms with E-state index in [2.05, 4.69) is 4.74 Å². The topological polar surface area (TPSA) is 77.5 Å². The van der Waals surface area contributed by atoms with Crippen molar-refractivity contribution in [2.24, 2.45) is 0 Å². The summed E-state index contributed by atoms with van der Waals surface area (Å²) < 4.78 is 4.40. The summed E-state index contributed by atoms with van der Waals surface area (Å²) in [6, 6.07) is 2.74. The molecule has 0 unspecified atom stereocenters. The first kappa shape index (κ1) is 8.96. The minimum absolute atomic E-state index is 0.0401. The van der Waals surface area contributed by atoms with Crippen LogP contribution in [0.3, 0.4) is 0 Å². The SMILES string of the molecule is O=C1CC(=O)c2c1ccc1c2C(=O)OC1=O. The molecule has 0 aromatic heterocycles. The molecule has 5 nitrogen and oxygen atoms in total. The number of ketones is 2. The van der Waals surface area contributed by atoms with Gasteiger partial charge in [-0.25, -0.2) is 9.59 Å². The van der Waals surface area contributed by atoms with Crippen LogP contribution in [0.25, 0.3) is 0 Å². The predicted octanol–water partition coefficient (Wildman–Crippen LogP) is 0.766. The number of benzene rings is 1. The first-order valence-corrected chi connectivity index (χ1v) is 4.59. The van der Waals surface area contributed by atoms with Gasteiger partial charge in [0, 0.05) is 11.1 Å². The largest absolute Gasteiger partial charge is 0.386 e. The van der Waals surface area contributed by atoms with Crippen molar-refractivity contribution in [1.82, 2.24) is 0 Å². The van der Waals surface area contributed by atoms with Crippen molar-refractivity contribution in [3.8, 4) is 0 Å². The van der Waals surface area contributed by atoms with Crippen molar-refractivity contribution in [2.45, 2.75) is 6.42 Å². The molecule has 1 heterocycles. The molecule has 0 N–H and O–H groups in total. The van der Waals surface area contributed by atoms with Crippen molar-refractivity contribution < 1.29 is 23.9 Å². The molecular weight excluding hydrogens is 212 g/mol. The molecule has 0 fully saturated rings. The Morgan fingerprint density at radius 2 is 1.50 bits per heavy atom. The first-order valence-electron chi connectivity index (χ1n) is 4.59. The molecule has 0 bridgehead atoms. The third-order valence-electron chi connectivity index (χ3n) is 2.72. The highest BCUT2D eigenvalue weighted by Gasteiger charge is 2.40. The first-order chi connectivity index (χ1) is 7.59. The highest BCUT2D eigenvalue weighted by molar-refractivity contribution is 6.30. The number of ether oxygens (including phenoxy) is 1. The van der Waals surface area contributed by atoms with E-state index in [0.29, 0.717) is 0 Å². The smallest absolute Gasteiger partial charge is 0.347 e. The van der Waals surface area contributed by atoms with Gasteiger partial charge < -0.3 is 4.74 Å². The number of esters is 2. The minimum atomic E-state index is -0.847.